The summed E-state index contributed by atoms with van der Waals surface area (Å²) < 4.78 is 9.91. The molecule has 2 rings (SSSR count). The van der Waals surface area contributed by atoms with Gasteiger partial charge in [-0.3, -0.25) is 0 Å². The van der Waals surface area contributed by atoms with E-state index < -0.39 is 0 Å². The van der Waals surface area contributed by atoms with Gasteiger partial charge in [-0.15, -0.1) is 0 Å². The van der Waals surface area contributed by atoms with Crippen molar-refractivity contribution < 1.29 is 19.7 Å². The SMILES string of the molecule is OCOc1ccc(-c2ccc(OCO)cc2)cc1. The first-order chi connectivity index (χ1) is 8.83. The van der Waals surface area contributed by atoms with Crippen molar-refractivity contribution in [1.82, 2.24) is 0 Å². The molecule has 0 saturated carbocycles. The average molecular weight is 246 g/mol. The number of aliphatic hydroxyl groups is 2. The lowest BCUT2D eigenvalue weighted by molar-refractivity contribution is 0.0981. The molecule has 4 heteroatoms. The molecule has 0 radical (unpaired) electrons. The number of hydrogen-bond donors (Lipinski definition) is 2. The van der Waals surface area contributed by atoms with Crippen molar-refractivity contribution in [3.05, 3.63) is 48.5 Å². The van der Waals surface area contributed by atoms with Gasteiger partial charge in [0.05, 0.1) is 0 Å². The highest BCUT2D eigenvalue weighted by atomic mass is 16.6. The Balaban J connectivity index is 2.15. The minimum absolute atomic E-state index is 0.327. The fourth-order valence-corrected chi connectivity index (χ4v) is 1.64. The minimum Gasteiger partial charge on any atom is -0.468 e. The van der Waals surface area contributed by atoms with E-state index in [-0.39, 0.29) is 13.6 Å². The van der Waals surface area contributed by atoms with E-state index in [9.17, 15) is 0 Å². The summed E-state index contributed by atoms with van der Waals surface area (Å²) in [6, 6.07) is 14.8. The van der Waals surface area contributed by atoms with Crippen LogP contribution in [0.2, 0.25) is 0 Å². The van der Waals surface area contributed by atoms with Crippen molar-refractivity contribution in [2.75, 3.05) is 13.6 Å². The Morgan fingerprint density at radius 2 is 0.944 bits per heavy atom. The molecule has 0 amide bonds. The highest BCUT2D eigenvalue weighted by molar-refractivity contribution is 5.64. The monoisotopic (exact) mass is 246 g/mol. The molecule has 4 nitrogen and oxygen atoms in total. The van der Waals surface area contributed by atoms with Crippen molar-refractivity contribution >= 4 is 0 Å². The van der Waals surface area contributed by atoms with E-state index in [0.717, 1.165) is 11.1 Å². The molecule has 0 aromatic heterocycles. The van der Waals surface area contributed by atoms with Gasteiger partial charge < -0.3 is 19.7 Å². The van der Waals surface area contributed by atoms with Crippen molar-refractivity contribution in [2.45, 2.75) is 0 Å². The molecular formula is C14H14O4. The van der Waals surface area contributed by atoms with Gasteiger partial charge in [0.25, 0.3) is 0 Å². The van der Waals surface area contributed by atoms with Gasteiger partial charge in [-0.1, -0.05) is 24.3 Å². The first kappa shape index (κ1) is 12.4. The Hall–Kier alpha value is -2.04. The molecule has 94 valence electrons. The maximum Gasteiger partial charge on any atom is 0.186 e. The van der Waals surface area contributed by atoms with Gasteiger partial charge in [0.15, 0.2) is 13.6 Å². The number of benzene rings is 2. The van der Waals surface area contributed by atoms with Gasteiger partial charge in [0.2, 0.25) is 0 Å². The standard InChI is InChI=1S/C14H14O4/c15-9-17-13-5-1-11(2-6-13)12-3-7-14(8-4-12)18-10-16/h1-8,15-16H,9-10H2. The molecule has 0 fully saturated rings. The molecule has 0 aliphatic heterocycles. The first-order valence-corrected chi connectivity index (χ1v) is 5.51. The molecule has 0 aliphatic rings. The van der Waals surface area contributed by atoms with E-state index in [1.54, 1.807) is 24.3 Å². The molecule has 0 spiro atoms. The summed E-state index contributed by atoms with van der Waals surface area (Å²) >= 11 is 0. The van der Waals surface area contributed by atoms with Crippen molar-refractivity contribution in [3.63, 3.8) is 0 Å². The Morgan fingerprint density at radius 3 is 1.22 bits per heavy atom. The van der Waals surface area contributed by atoms with E-state index in [0.29, 0.717) is 11.5 Å². The maximum absolute atomic E-state index is 8.63. The average Bonchev–Trinajstić information content (AvgIpc) is 2.41. The van der Waals surface area contributed by atoms with Crippen molar-refractivity contribution in [3.8, 4) is 22.6 Å². The van der Waals surface area contributed by atoms with Crippen LogP contribution in [0.5, 0.6) is 11.5 Å². The minimum atomic E-state index is -0.327. The molecule has 18 heavy (non-hydrogen) atoms. The third-order valence-electron chi connectivity index (χ3n) is 2.50. The fourth-order valence-electron chi connectivity index (χ4n) is 1.64. The molecule has 0 unspecified atom stereocenters. The normalized spacial score (nSPS) is 10.1. The number of ether oxygens (including phenoxy) is 2. The number of rotatable bonds is 5. The second-order valence-electron chi connectivity index (χ2n) is 3.60. The zero-order valence-corrected chi connectivity index (χ0v) is 9.74. The molecule has 0 heterocycles. The molecular weight excluding hydrogens is 232 g/mol. The summed E-state index contributed by atoms with van der Waals surface area (Å²) in [5.41, 5.74) is 2.08. The Bertz CT molecular complexity index is 429. The summed E-state index contributed by atoms with van der Waals surface area (Å²) in [7, 11) is 0. The molecule has 0 bridgehead atoms. The third-order valence-corrected chi connectivity index (χ3v) is 2.50. The lowest BCUT2D eigenvalue weighted by Crippen LogP contribution is -1.94. The quantitative estimate of drug-likeness (QED) is 0.792. The van der Waals surface area contributed by atoms with Crippen LogP contribution in [0.4, 0.5) is 0 Å². The third kappa shape index (κ3) is 3.00. The summed E-state index contributed by atoms with van der Waals surface area (Å²) in [6.07, 6.45) is 0. The highest BCUT2D eigenvalue weighted by Gasteiger charge is 1.99. The van der Waals surface area contributed by atoms with Gasteiger partial charge in [-0.25, -0.2) is 0 Å². The zero-order valence-electron chi connectivity index (χ0n) is 9.74. The van der Waals surface area contributed by atoms with E-state index in [1.165, 1.54) is 0 Å². The predicted molar refractivity (Wildman–Crippen MR) is 67.3 cm³/mol. The largest absolute Gasteiger partial charge is 0.468 e. The molecule has 0 atom stereocenters. The van der Waals surface area contributed by atoms with Crippen LogP contribution in [-0.2, 0) is 0 Å². The van der Waals surface area contributed by atoms with Crippen LogP contribution in [0.1, 0.15) is 0 Å². The van der Waals surface area contributed by atoms with Gasteiger partial charge in [-0.2, -0.15) is 0 Å². The second kappa shape index (κ2) is 6.05. The van der Waals surface area contributed by atoms with E-state index in [2.05, 4.69) is 0 Å². The van der Waals surface area contributed by atoms with Crippen LogP contribution in [0, 0.1) is 0 Å². The zero-order chi connectivity index (χ0) is 12.8. The van der Waals surface area contributed by atoms with Crippen molar-refractivity contribution in [2.24, 2.45) is 0 Å². The van der Waals surface area contributed by atoms with Gasteiger partial charge in [0, 0.05) is 0 Å². The van der Waals surface area contributed by atoms with Gasteiger partial charge in [-0.05, 0) is 35.4 Å². The van der Waals surface area contributed by atoms with E-state index in [4.69, 9.17) is 19.7 Å². The summed E-state index contributed by atoms with van der Waals surface area (Å²) in [5.74, 6) is 1.25. The molecule has 0 aliphatic carbocycles. The van der Waals surface area contributed by atoms with Gasteiger partial charge in [0.1, 0.15) is 11.5 Å². The summed E-state index contributed by atoms with van der Waals surface area (Å²) in [4.78, 5) is 0. The van der Waals surface area contributed by atoms with Crippen LogP contribution < -0.4 is 9.47 Å². The number of hydrogen-bond acceptors (Lipinski definition) is 4. The van der Waals surface area contributed by atoms with Crippen LogP contribution in [0.25, 0.3) is 11.1 Å². The highest BCUT2D eigenvalue weighted by Crippen LogP contribution is 2.24. The molecule has 2 aromatic carbocycles. The lowest BCUT2D eigenvalue weighted by atomic mass is 10.1. The van der Waals surface area contributed by atoms with Crippen LogP contribution >= 0.6 is 0 Å². The Kier molecular flexibility index (Phi) is 4.17. The topological polar surface area (TPSA) is 58.9 Å². The summed E-state index contributed by atoms with van der Waals surface area (Å²) in [5, 5.41) is 17.3. The number of aliphatic hydroxyl groups excluding tert-OH is 2. The smallest absolute Gasteiger partial charge is 0.186 e. The van der Waals surface area contributed by atoms with Crippen LogP contribution in [0.3, 0.4) is 0 Å². The van der Waals surface area contributed by atoms with E-state index >= 15 is 0 Å². The predicted octanol–water partition coefficient (Wildman–Crippen LogP) is 2.01. The van der Waals surface area contributed by atoms with Crippen molar-refractivity contribution in [1.29, 1.82) is 0 Å². The van der Waals surface area contributed by atoms with E-state index in [1.807, 2.05) is 24.3 Å². The fraction of sp³-hybridized carbons (Fsp3) is 0.143. The first-order valence-electron chi connectivity index (χ1n) is 5.51. The van der Waals surface area contributed by atoms with Gasteiger partial charge >= 0.3 is 0 Å². The molecule has 2 aromatic rings. The summed E-state index contributed by atoms with van der Waals surface area (Å²) in [6.45, 7) is -0.654. The maximum atomic E-state index is 8.63. The lowest BCUT2D eigenvalue weighted by Gasteiger charge is -2.06. The Morgan fingerprint density at radius 1 is 0.611 bits per heavy atom. The second-order valence-corrected chi connectivity index (χ2v) is 3.60. The van der Waals surface area contributed by atoms with Crippen LogP contribution in [-0.4, -0.2) is 23.8 Å². The van der Waals surface area contributed by atoms with Crippen LogP contribution in [0.15, 0.2) is 48.5 Å². The molecule has 0 saturated heterocycles. The Labute approximate surface area is 105 Å². The molecule has 2 N–H and O–H groups in total.